The molecule has 0 aliphatic heterocycles. The maximum Gasteiger partial charge on any atom is 0.151 e. The van der Waals surface area contributed by atoms with Gasteiger partial charge in [-0.15, -0.1) is 10.2 Å². The van der Waals surface area contributed by atoms with Crippen LogP contribution in [0.2, 0.25) is 0 Å². The van der Waals surface area contributed by atoms with Crippen LogP contribution < -0.4 is 10.6 Å². The Hall–Kier alpha value is -1.32. The zero-order chi connectivity index (χ0) is 11.0. The molecule has 0 atom stereocenters. The topological polar surface area (TPSA) is 55.0 Å². The lowest BCUT2D eigenvalue weighted by molar-refractivity contribution is 0.667. The summed E-state index contributed by atoms with van der Waals surface area (Å²) in [4.78, 5) is 2.39. The van der Waals surface area contributed by atoms with Gasteiger partial charge in [0, 0.05) is 13.1 Å². The molecule has 0 bridgehead atoms. The summed E-state index contributed by atoms with van der Waals surface area (Å²) in [6.07, 6.45) is 5.51. The van der Waals surface area contributed by atoms with Crippen molar-refractivity contribution in [1.82, 2.24) is 10.2 Å². The number of nitrogens with zero attached hydrogens (tertiary/aromatic N) is 3. The minimum absolute atomic E-state index is 0.501. The van der Waals surface area contributed by atoms with Crippen LogP contribution in [0.3, 0.4) is 0 Å². The number of hydrogen-bond acceptors (Lipinski definition) is 4. The van der Waals surface area contributed by atoms with Gasteiger partial charge in [0.2, 0.25) is 0 Å². The second-order valence-corrected chi connectivity index (χ2v) is 5.11. The highest BCUT2D eigenvalue weighted by Gasteiger charge is 2.29. The van der Waals surface area contributed by atoms with E-state index in [1.54, 1.807) is 0 Å². The fourth-order valence-corrected chi connectivity index (χ4v) is 1.99. The van der Waals surface area contributed by atoms with Gasteiger partial charge >= 0.3 is 0 Å². The van der Waals surface area contributed by atoms with Gasteiger partial charge in [0.15, 0.2) is 5.82 Å². The van der Waals surface area contributed by atoms with Gasteiger partial charge in [0.05, 0.1) is 0 Å². The van der Waals surface area contributed by atoms with E-state index in [4.69, 9.17) is 5.73 Å². The van der Waals surface area contributed by atoms with Gasteiger partial charge in [0.1, 0.15) is 5.82 Å². The molecular formula is C12H18N4. The van der Waals surface area contributed by atoms with Crippen molar-refractivity contribution in [3.63, 3.8) is 0 Å². The van der Waals surface area contributed by atoms with E-state index in [9.17, 15) is 0 Å². The molecule has 2 aliphatic rings. The van der Waals surface area contributed by atoms with Crippen molar-refractivity contribution < 1.29 is 0 Å². The fourth-order valence-electron chi connectivity index (χ4n) is 1.99. The van der Waals surface area contributed by atoms with Gasteiger partial charge in [-0.1, -0.05) is 0 Å². The Morgan fingerprint density at radius 2 is 1.69 bits per heavy atom. The first kappa shape index (κ1) is 9.87. The summed E-state index contributed by atoms with van der Waals surface area (Å²) in [6.45, 7) is 2.30. The zero-order valence-electron chi connectivity index (χ0n) is 9.47. The maximum absolute atomic E-state index is 5.56. The molecule has 0 amide bonds. The van der Waals surface area contributed by atoms with Crippen molar-refractivity contribution >= 4 is 11.6 Å². The molecule has 16 heavy (non-hydrogen) atoms. The number of hydrogen-bond donors (Lipinski definition) is 1. The lowest BCUT2D eigenvalue weighted by atomic mass is 10.3. The first-order valence-electron chi connectivity index (χ1n) is 6.15. The highest BCUT2D eigenvalue weighted by atomic mass is 15.3. The van der Waals surface area contributed by atoms with E-state index in [0.717, 1.165) is 30.7 Å². The fraction of sp³-hybridized carbons (Fsp3) is 0.667. The van der Waals surface area contributed by atoms with Crippen molar-refractivity contribution in [2.24, 2.45) is 11.8 Å². The first-order valence-corrected chi connectivity index (χ1v) is 6.15. The summed E-state index contributed by atoms with van der Waals surface area (Å²) in [7, 11) is 0. The Bertz CT molecular complexity index is 340. The second-order valence-electron chi connectivity index (χ2n) is 5.11. The monoisotopic (exact) mass is 218 g/mol. The SMILES string of the molecule is Nc1ccc(N(CC2CC2)CC2CC2)nn1. The molecule has 0 radical (unpaired) electrons. The molecule has 2 fully saturated rings. The lowest BCUT2D eigenvalue weighted by Gasteiger charge is -2.22. The van der Waals surface area contributed by atoms with Crippen LogP contribution in [0.4, 0.5) is 11.6 Å². The molecule has 1 heterocycles. The molecule has 0 saturated heterocycles. The summed E-state index contributed by atoms with van der Waals surface area (Å²) in [5.74, 6) is 3.27. The van der Waals surface area contributed by atoms with Crippen molar-refractivity contribution in [2.45, 2.75) is 25.7 Å². The van der Waals surface area contributed by atoms with Crippen LogP contribution in [0.25, 0.3) is 0 Å². The summed E-state index contributed by atoms with van der Waals surface area (Å²) in [5.41, 5.74) is 5.56. The zero-order valence-corrected chi connectivity index (χ0v) is 9.47. The van der Waals surface area contributed by atoms with Crippen LogP contribution in [0.1, 0.15) is 25.7 Å². The summed E-state index contributed by atoms with van der Waals surface area (Å²) in [5, 5.41) is 8.13. The van der Waals surface area contributed by atoms with E-state index in [2.05, 4.69) is 15.1 Å². The molecule has 86 valence electrons. The Morgan fingerprint density at radius 3 is 2.12 bits per heavy atom. The molecule has 0 unspecified atom stereocenters. The van der Waals surface area contributed by atoms with Gasteiger partial charge < -0.3 is 10.6 Å². The van der Waals surface area contributed by atoms with E-state index in [1.807, 2.05) is 12.1 Å². The van der Waals surface area contributed by atoms with E-state index in [0.29, 0.717) is 5.82 Å². The molecule has 0 spiro atoms. The van der Waals surface area contributed by atoms with E-state index in [-0.39, 0.29) is 0 Å². The highest BCUT2D eigenvalue weighted by Crippen LogP contribution is 2.35. The molecule has 0 aromatic carbocycles. The highest BCUT2D eigenvalue weighted by molar-refractivity contribution is 5.41. The summed E-state index contributed by atoms with van der Waals surface area (Å²) >= 11 is 0. The van der Waals surface area contributed by atoms with Crippen LogP contribution >= 0.6 is 0 Å². The van der Waals surface area contributed by atoms with Crippen LogP contribution in [0, 0.1) is 11.8 Å². The predicted octanol–water partition coefficient (Wildman–Crippen LogP) is 1.69. The smallest absolute Gasteiger partial charge is 0.151 e. The van der Waals surface area contributed by atoms with Crippen LogP contribution in [-0.2, 0) is 0 Å². The third-order valence-corrected chi connectivity index (χ3v) is 3.35. The van der Waals surface area contributed by atoms with E-state index in [1.165, 1.54) is 25.7 Å². The molecule has 1 aromatic rings. The van der Waals surface area contributed by atoms with Crippen molar-refractivity contribution in [3.8, 4) is 0 Å². The molecule has 2 aliphatic carbocycles. The van der Waals surface area contributed by atoms with Gasteiger partial charge in [0.25, 0.3) is 0 Å². The first-order chi connectivity index (χ1) is 7.81. The molecule has 4 nitrogen and oxygen atoms in total. The largest absolute Gasteiger partial charge is 0.382 e. The number of aromatic nitrogens is 2. The quantitative estimate of drug-likeness (QED) is 0.817. The predicted molar refractivity (Wildman–Crippen MR) is 64.1 cm³/mol. The van der Waals surface area contributed by atoms with Crippen LogP contribution in [-0.4, -0.2) is 23.3 Å². The van der Waals surface area contributed by atoms with Gasteiger partial charge in [-0.05, 0) is 49.7 Å². The van der Waals surface area contributed by atoms with Crippen molar-refractivity contribution in [3.05, 3.63) is 12.1 Å². The van der Waals surface area contributed by atoms with Crippen LogP contribution in [0.5, 0.6) is 0 Å². The Morgan fingerprint density at radius 1 is 1.06 bits per heavy atom. The van der Waals surface area contributed by atoms with E-state index >= 15 is 0 Å². The molecule has 1 aromatic heterocycles. The molecular weight excluding hydrogens is 200 g/mol. The standard InChI is InChI=1S/C12H18N4/c13-11-5-6-12(15-14-11)16(7-9-1-2-9)8-10-3-4-10/h5-6,9-10H,1-4,7-8H2,(H2,13,14). The second kappa shape index (κ2) is 3.92. The van der Waals surface area contributed by atoms with Crippen molar-refractivity contribution in [2.75, 3.05) is 23.7 Å². The average molecular weight is 218 g/mol. The summed E-state index contributed by atoms with van der Waals surface area (Å²) < 4.78 is 0. The third-order valence-electron chi connectivity index (χ3n) is 3.35. The lowest BCUT2D eigenvalue weighted by Crippen LogP contribution is -2.29. The molecule has 4 heteroatoms. The van der Waals surface area contributed by atoms with Gasteiger partial charge in [-0.2, -0.15) is 0 Å². The Balaban J connectivity index is 1.71. The van der Waals surface area contributed by atoms with E-state index < -0.39 is 0 Å². The summed E-state index contributed by atoms with van der Waals surface area (Å²) in [6, 6.07) is 3.84. The number of rotatable bonds is 5. The average Bonchev–Trinajstić information content (AvgIpc) is 3.12. The Labute approximate surface area is 95.8 Å². The van der Waals surface area contributed by atoms with Gasteiger partial charge in [-0.25, -0.2) is 0 Å². The van der Waals surface area contributed by atoms with Crippen molar-refractivity contribution in [1.29, 1.82) is 0 Å². The normalized spacial score (nSPS) is 19.8. The minimum Gasteiger partial charge on any atom is -0.382 e. The number of anilines is 2. The maximum atomic E-state index is 5.56. The van der Waals surface area contributed by atoms with Gasteiger partial charge in [-0.3, -0.25) is 0 Å². The van der Waals surface area contributed by atoms with Crippen LogP contribution in [0.15, 0.2) is 12.1 Å². The number of nitrogens with two attached hydrogens (primary N) is 1. The third kappa shape index (κ3) is 2.43. The molecule has 2 saturated carbocycles. The Kier molecular flexibility index (Phi) is 2.42. The molecule has 3 rings (SSSR count). The number of nitrogen functional groups attached to an aromatic ring is 1. The minimum atomic E-state index is 0.501. The molecule has 2 N–H and O–H groups in total.